The van der Waals surface area contributed by atoms with Gasteiger partial charge in [-0.25, -0.2) is 0 Å². The third kappa shape index (κ3) is 3.05. The van der Waals surface area contributed by atoms with Gasteiger partial charge in [-0.3, -0.25) is 4.79 Å². The van der Waals surface area contributed by atoms with Gasteiger partial charge in [-0.15, -0.1) is 0 Å². The first-order valence-electron chi connectivity index (χ1n) is 6.39. The van der Waals surface area contributed by atoms with Crippen LogP contribution >= 0.6 is 0 Å². The highest BCUT2D eigenvalue weighted by Gasteiger charge is 2.74. The van der Waals surface area contributed by atoms with Gasteiger partial charge in [0.05, 0.1) is 0 Å². The summed E-state index contributed by atoms with van der Waals surface area (Å²) < 4.78 is 77.9. The number of nitrogens with one attached hydrogen (secondary N) is 1. The smallest absolute Gasteiger partial charge is 0.325 e. The van der Waals surface area contributed by atoms with Crippen LogP contribution in [0.15, 0.2) is 18.2 Å². The number of rotatable bonds is 3. The number of aryl methyl sites for hydroxylation is 2. The zero-order valence-electron chi connectivity index (χ0n) is 12.1. The number of carbonyl (C=O) groups is 1. The van der Waals surface area contributed by atoms with Gasteiger partial charge in [-0.2, -0.15) is 26.3 Å². The van der Waals surface area contributed by atoms with E-state index >= 15 is 0 Å². The minimum Gasteiger partial charge on any atom is -0.325 e. The second-order valence-electron chi connectivity index (χ2n) is 5.01. The Balaban J connectivity index is 3.27. The maximum atomic E-state index is 13.0. The van der Waals surface area contributed by atoms with Crippen LogP contribution < -0.4 is 5.32 Å². The molecule has 0 aliphatic carbocycles. The van der Waals surface area contributed by atoms with E-state index in [4.69, 9.17) is 0 Å². The molecule has 22 heavy (non-hydrogen) atoms. The van der Waals surface area contributed by atoms with Gasteiger partial charge >= 0.3 is 12.4 Å². The zero-order valence-corrected chi connectivity index (χ0v) is 12.1. The van der Waals surface area contributed by atoms with Crippen LogP contribution in [0.5, 0.6) is 0 Å². The van der Waals surface area contributed by atoms with E-state index < -0.39 is 30.1 Å². The van der Waals surface area contributed by atoms with Gasteiger partial charge in [-0.05, 0) is 43.5 Å². The van der Waals surface area contributed by atoms with E-state index in [1.165, 1.54) is 18.2 Å². The highest BCUT2D eigenvalue weighted by Crippen LogP contribution is 2.53. The van der Waals surface area contributed by atoms with E-state index in [-0.39, 0.29) is 5.69 Å². The van der Waals surface area contributed by atoms with Crippen LogP contribution in [0, 0.1) is 19.3 Å². The number of alkyl halides is 6. The van der Waals surface area contributed by atoms with Gasteiger partial charge in [-0.1, -0.05) is 13.0 Å². The molecule has 0 bridgehead atoms. The molecular weight excluding hydrogens is 312 g/mol. The summed E-state index contributed by atoms with van der Waals surface area (Å²) in [6.07, 6.45) is -12.9. The highest BCUT2D eigenvalue weighted by atomic mass is 19.4. The van der Waals surface area contributed by atoms with Crippen LogP contribution in [-0.4, -0.2) is 18.3 Å². The Labute approximate surface area is 123 Å². The molecule has 2 nitrogen and oxygen atoms in total. The van der Waals surface area contributed by atoms with Crippen molar-refractivity contribution in [3.63, 3.8) is 0 Å². The van der Waals surface area contributed by atoms with Crippen molar-refractivity contribution in [2.24, 2.45) is 5.41 Å². The molecule has 0 fully saturated rings. The average molecular weight is 327 g/mol. The highest BCUT2D eigenvalue weighted by molar-refractivity contribution is 5.96. The summed E-state index contributed by atoms with van der Waals surface area (Å²) in [6.45, 7) is 4.04. The quantitative estimate of drug-likeness (QED) is 0.797. The van der Waals surface area contributed by atoms with Crippen molar-refractivity contribution in [3.8, 4) is 0 Å². The number of hydrogen-bond acceptors (Lipinski definition) is 1. The summed E-state index contributed by atoms with van der Waals surface area (Å²) in [7, 11) is 0. The average Bonchev–Trinajstić information content (AvgIpc) is 2.31. The second kappa shape index (κ2) is 5.81. The standard InChI is InChI=1S/C14H15F6NO/c1-4-12(13(15,16)17,14(18,19)20)11(22)21-10-6-5-8(2)9(3)7-10/h5-7H,4H2,1-3H3,(H,21,22). The number of carbonyl (C=O) groups excluding carboxylic acids is 1. The molecule has 0 aromatic heterocycles. The minimum atomic E-state index is -5.75. The Morgan fingerprint density at radius 2 is 1.50 bits per heavy atom. The van der Waals surface area contributed by atoms with Gasteiger partial charge in [0, 0.05) is 5.69 Å². The molecule has 0 saturated carbocycles. The Hall–Kier alpha value is -1.73. The monoisotopic (exact) mass is 327 g/mol. The first-order chi connectivity index (χ1) is 9.86. The lowest BCUT2D eigenvalue weighted by atomic mass is 9.82. The topological polar surface area (TPSA) is 29.1 Å². The number of benzene rings is 1. The van der Waals surface area contributed by atoms with Gasteiger partial charge in [0.15, 0.2) is 0 Å². The van der Waals surface area contributed by atoms with Crippen molar-refractivity contribution in [2.75, 3.05) is 5.32 Å². The predicted molar refractivity (Wildman–Crippen MR) is 69.4 cm³/mol. The van der Waals surface area contributed by atoms with Crippen LogP contribution in [0.4, 0.5) is 32.0 Å². The molecule has 1 rings (SSSR count). The molecule has 0 unspecified atom stereocenters. The number of amides is 1. The Morgan fingerprint density at radius 3 is 1.86 bits per heavy atom. The molecule has 0 heterocycles. The summed E-state index contributed by atoms with van der Waals surface area (Å²) in [6, 6.07) is 4.08. The molecule has 124 valence electrons. The molecule has 1 amide bonds. The van der Waals surface area contributed by atoms with E-state index in [1.54, 1.807) is 19.2 Å². The molecule has 0 saturated heterocycles. The van der Waals surface area contributed by atoms with E-state index in [9.17, 15) is 31.1 Å². The van der Waals surface area contributed by atoms with Crippen molar-refractivity contribution in [1.82, 2.24) is 0 Å². The molecule has 0 atom stereocenters. The van der Waals surface area contributed by atoms with Gasteiger partial charge in [0.1, 0.15) is 0 Å². The molecule has 0 aliphatic heterocycles. The lowest BCUT2D eigenvalue weighted by Crippen LogP contribution is -2.57. The number of hydrogen-bond donors (Lipinski definition) is 1. The van der Waals surface area contributed by atoms with E-state index in [2.05, 4.69) is 0 Å². The van der Waals surface area contributed by atoms with Crippen molar-refractivity contribution in [2.45, 2.75) is 39.5 Å². The molecule has 1 aromatic carbocycles. The Kier molecular flexibility index (Phi) is 4.84. The third-order valence-electron chi connectivity index (χ3n) is 3.65. The summed E-state index contributed by atoms with van der Waals surface area (Å²) >= 11 is 0. The first-order valence-corrected chi connectivity index (χ1v) is 6.39. The summed E-state index contributed by atoms with van der Waals surface area (Å²) in [5, 5.41) is 1.74. The predicted octanol–water partition coefficient (Wildman–Crippen LogP) is 4.76. The van der Waals surface area contributed by atoms with Crippen LogP contribution in [0.3, 0.4) is 0 Å². The summed E-state index contributed by atoms with van der Waals surface area (Å²) in [5.74, 6) is -2.13. The Morgan fingerprint density at radius 1 is 1.00 bits per heavy atom. The lowest BCUT2D eigenvalue weighted by molar-refractivity contribution is -0.324. The summed E-state index contributed by atoms with van der Waals surface area (Å²) in [5.41, 5.74) is -3.11. The van der Waals surface area contributed by atoms with Crippen LogP contribution in [-0.2, 0) is 4.79 Å². The molecule has 8 heteroatoms. The minimum absolute atomic E-state index is 0.112. The molecule has 0 aliphatic rings. The maximum absolute atomic E-state index is 13.0. The summed E-state index contributed by atoms with van der Waals surface area (Å²) in [4.78, 5) is 11.8. The number of anilines is 1. The molecule has 0 radical (unpaired) electrons. The normalized spacial score (nSPS) is 13.1. The fourth-order valence-corrected chi connectivity index (χ4v) is 2.04. The fraction of sp³-hybridized carbons (Fsp3) is 0.500. The van der Waals surface area contributed by atoms with E-state index in [0.717, 1.165) is 5.56 Å². The van der Waals surface area contributed by atoms with Gasteiger partial charge in [0.25, 0.3) is 0 Å². The lowest BCUT2D eigenvalue weighted by Gasteiger charge is -2.35. The molecule has 1 aromatic rings. The second-order valence-corrected chi connectivity index (χ2v) is 5.01. The van der Waals surface area contributed by atoms with Crippen molar-refractivity contribution >= 4 is 11.6 Å². The van der Waals surface area contributed by atoms with Crippen molar-refractivity contribution in [1.29, 1.82) is 0 Å². The van der Waals surface area contributed by atoms with Crippen molar-refractivity contribution in [3.05, 3.63) is 29.3 Å². The van der Waals surface area contributed by atoms with E-state index in [0.29, 0.717) is 12.5 Å². The Bertz CT molecular complexity index is 547. The SMILES string of the molecule is CCC(C(=O)Nc1ccc(C)c(C)c1)(C(F)(F)F)C(F)(F)F. The molecular formula is C14H15F6NO. The fourth-order valence-electron chi connectivity index (χ4n) is 2.04. The van der Waals surface area contributed by atoms with Crippen LogP contribution in [0.2, 0.25) is 0 Å². The molecule has 0 spiro atoms. The van der Waals surface area contributed by atoms with E-state index in [1.807, 2.05) is 0 Å². The van der Waals surface area contributed by atoms with Gasteiger partial charge < -0.3 is 5.32 Å². The number of halogens is 6. The first kappa shape index (κ1) is 18.3. The maximum Gasteiger partial charge on any atom is 0.412 e. The molecule has 1 N–H and O–H groups in total. The van der Waals surface area contributed by atoms with Crippen molar-refractivity contribution < 1.29 is 31.1 Å². The largest absolute Gasteiger partial charge is 0.412 e. The van der Waals surface area contributed by atoms with Gasteiger partial charge in [0.2, 0.25) is 11.3 Å². The van der Waals surface area contributed by atoms with Crippen LogP contribution in [0.1, 0.15) is 24.5 Å². The van der Waals surface area contributed by atoms with Crippen LogP contribution in [0.25, 0.3) is 0 Å². The zero-order chi connectivity index (χ0) is 17.3. The third-order valence-corrected chi connectivity index (χ3v) is 3.65.